The first-order valence-corrected chi connectivity index (χ1v) is 10.6. The smallest absolute Gasteiger partial charge is 0.251 e. The van der Waals surface area contributed by atoms with E-state index < -0.39 is 0 Å². The molecule has 138 valence electrons. The average Bonchev–Trinajstić information content (AvgIpc) is 3.37. The minimum Gasteiger partial charge on any atom is -0.346 e. The van der Waals surface area contributed by atoms with Crippen LogP contribution in [0.25, 0.3) is 0 Å². The van der Waals surface area contributed by atoms with Gasteiger partial charge >= 0.3 is 0 Å². The summed E-state index contributed by atoms with van der Waals surface area (Å²) in [4.78, 5) is 18.2. The lowest BCUT2D eigenvalue weighted by Crippen LogP contribution is -2.55. The number of thiophene rings is 1. The van der Waals surface area contributed by atoms with E-state index in [1.165, 1.54) is 22.6 Å². The molecule has 1 saturated carbocycles. The van der Waals surface area contributed by atoms with Gasteiger partial charge in [-0.3, -0.25) is 9.69 Å². The zero-order valence-electron chi connectivity index (χ0n) is 15.5. The molecule has 0 bridgehead atoms. The molecule has 2 aliphatic rings. The van der Waals surface area contributed by atoms with Crippen molar-refractivity contribution in [2.45, 2.75) is 51.1 Å². The molecule has 1 saturated heterocycles. The number of carbonyl (C=O) groups is 1. The van der Waals surface area contributed by atoms with E-state index in [1.54, 1.807) is 0 Å². The van der Waals surface area contributed by atoms with Crippen LogP contribution < -0.4 is 5.32 Å². The zero-order chi connectivity index (χ0) is 18.0. The van der Waals surface area contributed by atoms with Gasteiger partial charge < -0.3 is 5.32 Å². The molecule has 0 radical (unpaired) electrons. The van der Waals surface area contributed by atoms with Crippen molar-refractivity contribution in [1.29, 1.82) is 0 Å². The number of nitrogens with one attached hydrogen (secondary N) is 1. The second-order valence-electron chi connectivity index (χ2n) is 8.04. The van der Waals surface area contributed by atoms with Gasteiger partial charge in [-0.2, -0.15) is 0 Å². The predicted octanol–water partition coefficient (Wildman–Crippen LogP) is 4.62. The topological polar surface area (TPSA) is 32.3 Å². The summed E-state index contributed by atoms with van der Waals surface area (Å²) in [6.07, 6.45) is 5.94. The monoisotopic (exact) mass is 368 g/mol. The standard InChI is InChI=1S/C22H28N2OS/c1-17-7-10-20(26-17)16-24-13-11-22(12-14-24,15-18-8-9-18)23-21(25)19-5-3-2-4-6-19/h2-7,10,18H,8-9,11-16H2,1H3,(H,23,25). The molecule has 26 heavy (non-hydrogen) atoms. The number of carbonyl (C=O) groups excluding carboxylic acids is 1. The predicted molar refractivity (Wildman–Crippen MR) is 108 cm³/mol. The number of nitrogens with zero attached hydrogens (tertiary/aromatic N) is 1. The fraction of sp³-hybridized carbons (Fsp3) is 0.500. The highest BCUT2D eigenvalue weighted by atomic mass is 32.1. The highest BCUT2D eigenvalue weighted by Crippen LogP contribution is 2.41. The fourth-order valence-electron chi connectivity index (χ4n) is 4.09. The maximum Gasteiger partial charge on any atom is 0.251 e. The average molecular weight is 369 g/mol. The van der Waals surface area contributed by atoms with Gasteiger partial charge in [-0.25, -0.2) is 0 Å². The second kappa shape index (κ2) is 7.53. The third-order valence-corrected chi connectivity index (χ3v) is 6.77. The molecule has 0 unspecified atom stereocenters. The third kappa shape index (κ3) is 4.36. The molecule has 1 aliphatic heterocycles. The van der Waals surface area contributed by atoms with Gasteiger partial charge in [0.25, 0.3) is 5.91 Å². The first kappa shape index (κ1) is 17.7. The van der Waals surface area contributed by atoms with E-state index in [1.807, 2.05) is 41.7 Å². The second-order valence-corrected chi connectivity index (χ2v) is 9.41. The summed E-state index contributed by atoms with van der Waals surface area (Å²) < 4.78 is 0. The number of hydrogen-bond donors (Lipinski definition) is 1. The number of amides is 1. The van der Waals surface area contributed by atoms with Crippen molar-refractivity contribution in [3.8, 4) is 0 Å². The summed E-state index contributed by atoms with van der Waals surface area (Å²) in [5, 5.41) is 3.45. The molecule has 2 aromatic rings. The van der Waals surface area contributed by atoms with E-state index in [2.05, 4.69) is 29.3 Å². The van der Waals surface area contributed by atoms with Crippen LogP contribution in [0.15, 0.2) is 42.5 Å². The molecule has 0 spiro atoms. The Hall–Kier alpha value is -1.65. The highest BCUT2D eigenvalue weighted by Gasteiger charge is 2.40. The minimum absolute atomic E-state index is 0.0179. The lowest BCUT2D eigenvalue weighted by molar-refractivity contribution is 0.0771. The molecule has 4 heteroatoms. The van der Waals surface area contributed by atoms with Crippen LogP contribution in [0, 0.1) is 12.8 Å². The zero-order valence-corrected chi connectivity index (χ0v) is 16.4. The van der Waals surface area contributed by atoms with Gasteiger partial charge in [-0.15, -0.1) is 11.3 Å². The van der Waals surface area contributed by atoms with E-state index in [-0.39, 0.29) is 11.4 Å². The number of benzene rings is 1. The molecule has 3 nitrogen and oxygen atoms in total. The third-order valence-electron chi connectivity index (χ3n) is 5.78. The van der Waals surface area contributed by atoms with E-state index in [0.717, 1.165) is 50.4 Å². The molecule has 1 aromatic heterocycles. The van der Waals surface area contributed by atoms with Crippen molar-refractivity contribution in [1.82, 2.24) is 10.2 Å². The quantitative estimate of drug-likeness (QED) is 0.807. The Morgan fingerprint density at radius 1 is 1.15 bits per heavy atom. The summed E-state index contributed by atoms with van der Waals surface area (Å²) in [5.41, 5.74) is 0.759. The summed E-state index contributed by atoms with van der Waals surface area (Å²) in [6, 6.07) is 14.1. The van der Waals surface area contributed by atoms with Crippen molar-refractivity contribution < 1.29 is 4.79 Å². The summed E-state index contributed by atoms with van der Waals surface area (Å²) in [5.74, 6) is 0.908. The normalized spacial score (nSPS) is 20.0. The summed E-state index contributed by atoms with van der Waals surface area (Å²) in [6.45, 7) is 5.35. The molecule has 2 heterocycles. The summed E-state index contributed by atoms with van der Waals surface area (Å²) in [7, 11) is 0. The van der Waals surface area contributed by atoms with Crippen LogP contribution in [0.1, 0.15) is 52.2 Å². The van der Waals surface area contributed by atoms with Crippen LogP contribution in [0.5, 0.6) is 0 Å². The maximum absolute atomic E-state index is 12.8. The van der Waals surface area contributed by atoms with Crippen LogP contribution in [-0.4, -0.2) is 29.4 Å². The van der Waals surface area contributed by atoms with Gasteiger partial charge in [-0.05, 0) is 56.4 Å². The SMILES string of the molecule is Cc1ccc(CN2CCC(CC3CC3)(NC(=O)c3ccccc3)CC2)s1. The molecule has 2 fully saturated rings. The van der Waals surface area contributed by atoms with Crippen molar-refractivity contribution >= 4 is 17.2 Å². The molecular formula is C22H28N2OS. The lowest BCUT2D eigenvalue weighted by Gasteiger charge is -2.42. The molecule has 0 atom stereocenters. The first-order chi connectivity index (χ1) is 12.6. The number of hydrogen-bond acceptors (Lipinski definition) is 3. The van der Waals surface area contributed by atoms with Crippen LogP contribution in [-0.2, 0) is 6.54 Å². The number of piperidine rings is 1. The highest BCUT2D eigenvalue weighted by molar-refractivity contribution is 7.11. The minimum atomic E-state index is -0.0179. The van der Waals surface area contributed by atoms with E-state index in [9.17, 15) is 4.79 Å². The molecule has 4 rings (SSSR count). The van der Waals surface area contributed by atoms with Gasteiger partial charge in [0, 0.05) is 40.5 Å². The Kier molecular flexibility index (Phi) is 5.14. The van der Waals surface area contributed by atoms with Crippen LogP contribution in [0.4, 0.5) is 0 Å². The maximum atomic E-state index is 12.8. The number of aryl methyl sites for hydroxylation is 1. The van der Waals surface area contributed by atoms with Gasteiger partial charge in [0.05, 0.1) is 0 Å². The van der Waals surface area contributed by atoms with Crippen molar-refractivity contribution in [2.75, 3.05) is 13.1 Å². The van der Waals surface area contributed by atoms with Crippen LogP contribution in [0.3, 0.4) is 0 Å². The molecular weight excluding hydrogens is 340 g/mol. The Morgan fingerprint density at radius 2 is 1.88 bits per heavy atom. The van der Waals surface area contributed by atoms with Gasteiger partial charge in [-0.1, -0.05) is 31.0 Å². The Bertz CT molecular complexity index is 743. The van der Waals surface area contributed by atoms with Gasteiger partial charge in [0.15, 0.2) is 0 Å². The van der Waals surface area contributed by atoms with Crippen molar-refractivity contribution in [3.05, 3.63) is 57.8 Å². The molecule has 1 aliphatic carbocycles. The van der Waals surface area contributed by atoms with E-state index >= 15 is 0 Å². The van der Waals surface area contributed by atoms with Crippen LogP contribution in [0.2, 0.25) is 0 Å². The lowest BCUT2D eigenvalue weighted by atomic mass is 9.82. The Morgan fingerprint density at radius 3 is 2.50 bits per heavy atom. The Balaban J connectivity index is 1.40. The largest absolute Gasteiger partial charge is 0.346 e. The number of likely N-dealkylation sites (tertiary alicyclic amines) is 1. The van der Waals surface area contributed by atoms with E-state index in [4.69, 9.17) is 0 Å². The van der Waals surface area contributed by atoms with Crippen molar-refractivity contribution in [2.24, 2.45) is 5.92 Å². The van der Waals surface area contributed by atoms with Crippen molar-refractivity contribution in [3.63, 3.8) is 0 Å². The summed E-state index contributed by atoms with van der Waals surface area (Å²) >= 11 is 1.90. The molecule has 1 amide bonds. The van der Waals surface area contributed by atoms with Gasteiger partial charge in [0.2, 0.25) is 0 Å². The van der Waals surface area contributed by atoms with Crippen LogP contribution >= 0.6 is 11.3 Å². The molecule has 1 aromatic carbocycles. The molecule has 1 N–H and O–H groups in total. The Labute approximate surface area is 160 Å². The fourth-order valence-corrected chi connectivity index (χ4v) is 5.02. The van der Waals surface area contributed by atoms with E-state index in [0.29, 0.717) is 0 Å². The number of rotatable bonds is 6. The van der Waals surface area contributed by atoms with Gasteiger partial charge in [0.1, 0.15) is 0 Å². The first-order valence-electron chi connectivity index (χ1n) is 9.77.